The van der Waals surface area contributed by atoms with E-state index in [4.69, 9.17) is 16.3 Å². The molecule has 30 heavy (non-hydrogen) atoms. The fourth-order valence-corrected chi connectivity index (χ4v) is 5.45. The second kappa shape index (κ2) is 11.2. The third kappa shape index (κ3) is 7.74. The lowest BCUT2D eigenvalue weighted by Crippen LogP contribution is -2.54. The van der Waals surface area contributed by atoms with Gasteiger partial charge in [-0.25, -0.2) is 0 Å². The summed E-state index contributed by atoms with van der Waals surface area (Å²) >= 11 is 5.36. The third-order valence-electron chi connectivity index (χ3n) is 5.35. The van der Waals surface area contributed by atoms with Crippen molar-refractivity contribution in [1.29, 1.82) is 0 Å². The first-order valence-electron chi connectivity index (χ1n) is 10.7. The Hall–Kier alpha value is -0.750. The molecule has 0 aliphatic carbocycles. The van der Waals surface area contributed by atoms with E-state index < -0.39 is 22.8 Å². The van der Waals surface area contributed by atoms with Crippen LogP contribution in [0.1, 0.15) is 72.9 Å². The summed E-state index contributed by atoms with van der Waals surface area (Å²) in [7, 11) is 1.39. The summed E-state index contributed by atoms with van der Waals surface area (Å²) in [6.45, 7) is 16.6. The topological polar surface area (TPSA) is 61.4 Å². The number of hydrogen-bond acceptors (Lipinski definition) is 4. The number of rotatable bonds is 10. The van der Waals surface area contributed by atoms with E-state index in [0.29, 0.717) is 10.8 Å². The summed E-state index contributed by atoms with van der Waals surface area (Å²) in [5.74, 6) is -0.101. The highest BCUT2D eigenvalue weighted by Crippen LogP contribution is 2.38. The highest BCUT2D eigenvalue weighted by Gasteiger charge is 2.46. The zero-order valence-electron chi connectivity index (χ0n) is 20.1. The van der Waals surface area contributed by atoms with Crippen molar-refractivity contribution in [3.63, 3.8) is 0 Å². The van der Waals surface area contributed by atoms with Crippen LogP contribution in [0.5, 0.6) is 0 Å². The lowest BCUT2D eigenvalue weighted by Gasteiger charge is -2.39. The van der Waals surface area contributed by atoms with Gasteiger partial charge in [0.1, 0.15) is 5.75 Å². The van der Waals surface area contributed by atoms with Crippen molar-refractivity contribution in [1.82, 2.24) is 4.72 Å². The molecule has 1 unspecified atom stereocenters. The molecule has 1 aromatic rings. The first-order chi connectivity index (χ1) is 13.7. The van der Waals surface area contributed by atoms with Crippen LogP contribution >= 0.6 is 11.6 Å². The average Bonchev–Trinajstić information content (AvgIpc) is 2.58. The van der Waals surface area contributed by atoms with Gasteiger partial charge in [-0.2, -0.15) is 0 Å². The van der Waals surface area contributed by atoms with E-state index >= 15 is 0 Å². The smallest absolute Gasteiger partial charge is 0.311 e. The van der Waals surface area contributed by atoms with Crippen molar-refractivity contribution in [2.45, 2.75) is 73.8 Å². The van der Waals surface area contributed by atoms with Crippen LogP contribution in [0.4, 0.5) is 0 Å². The molecular weight excluding hydrogens is 418 g/mol. The molecule has 0 spiro atoms. The van der Waals surface area contributed by atoms with Crippen LogP contribution in [0.15, 0.2) is 18.2 Å². The Morgan fingerprint density at radius 3 is 2.23 bits per heavy atom. The van der Waals surface area contributed by atoms with E-state index in [1.807, 2.05) is 52.8 Å². The molecule has 0 saturated heterocycles. The van der Waals surface area contributed by atoms with Crippen LogP contribution in [0.25, 0.3) is 0 Å². The fourth-order valence-electron chi connectivity index (χ4n) is 3.77. The Kier molecular flexibility index (Phi) is 10.2. The van der Waals surface area contributed by atoms with Crippen molar-refractivity contribution >= 4 is 28.9 Å². The summed E-state index contributed by atoms with van der Waals surface area (Å²) < 4.78 is 21.2. The maximum Gasteiger partial charge on any atom is 0.311 e. The fraction of sp³-hybridized carbons (Fsp3) is 0.708. The van der Waals surface area contributed by atoms with E-state index in [-0.39, 0.29) is 23.2 Å². The predicted octanol–water partition coefficient (Wildman–Crippen LogP) is 5.89. The van der Waals surface area contributed by atoms with Crippen molar-refractivity contribution < 1.29 is 14.1 Å². The molecule has 6 heteroatoms. The van der Waals surface area contributed by atoms with Crippen LogP contribution in [-0.4, -0.2) is 23.4 Å². The number of nitrogens with one attached hydrogen (secondary N) is 1. The van der Waals surface area contributed by atoms with Crippen molar-refractivity contribution in [2.75, 3.05) is 12.9 Å². The van der Waals surface area contributed by atoms with Gasteiger partial charge in [0.15, 0.2) is 0 Å². The maximum atomic E-state index is 12.9. The summed E-state index contributed by atoms with van der Waals surface area (Å²) in [4.78, 5) is 12.7. The van der Waals surface area contributed by atoms with Gasteiger partial charge >= 0.3 is 5.97 Å². The monoisotopic (exact) mass is 457 g/mol. The molecule has 1 rings (SSSR count). The summed E-state index contributed by atoms with van der Waals surface area (Å²) in [6, 6.07) is 5.95. The zero-order chi connectivity index (χ0) is 23.3. The van der Waals surface area contributed by atoms with Crippen LogP contribution in [0.3, 0.4) is 0 Å². The summed E-state index contributed by atoms with van der Waals surface area (Å²) in [6.07, 6.45) is 1.91. The van der Waals surface area contributed by atoms with E-state index in [1.165, 1.54) is 7.11 Å². The maximum absolute atomic E-state index is 12.9. The first kappa shape index (κ1) is 27.3. The molecule has 3 atom stereocenters. The van der Waals surface area contributed by atoms with Crippen LogP contribution in [0, 0.1) is 23.2 Å². The average molecular weight is 458 g/mol. The van der Waals surface area contributed by atoms with Gasteiger partial charge in [0.05, 0.1) is 18.6 Å². The number of carbonyl (C=O) groups excluding carboxylic acids is 1. The molecule has 4 nitrogen and oxygen atoms in total. The van der Waals surface area contributed by atoms with Gasteiger partial charge < -0.3 is 9.29 Å². The first-order valence-corrected chi connectivity index (χ1v) is 12.4. The van der Waals surface area contributed by atoms with Crippen molar-refractivity contribution in [3.8, 4) is 0 Å². The van der Waals surface area contributed by atoms with Crippen LogP contribution in [0.2, 0.25) is 5.02 Å². The SMILES string of the molecule is COC(=O)[C@@H](C(C)C)[C@](C)(N[S+]([O-])CC(C)C)c1ccc(CCC(C)(C)C)c(Cl)c1. The Morgan fingerprint density at radius 1 is 1.20 bits per heavy atom. The van der Waals surface area contributed by atoms with Gasteiger partial charge in [0.25, 0.3) is 0 Å². The highest BCUT2D eigenvalue weighted by atomic mass is 35.5. The van der Waals surface area contributed by atoms with Gasteiger partial charge in [0, 0.05) is 16.4 Å². The van der Waals surface area contributed by atoms with E-state index in [1.54, 1.807) is 0 Å². The Balaban J connectivity index is 3.39. The molecule has 0 amide bonds. The molecule has 1 N–H and O–H groups in total. The number of benzene rings is 1. The van der Waals surface area contributed by atoms with Crippen LogP contribution in [-0.2, 0) is 32.9 Å². The molecule has 0 aliphatic heterocycles. The quantitative estimate of drug-likeness (QED) is 0.351. The van der Waals surface area contributed by atoms with Gasteiger partial charge in [0.2, 0.25) is 0 Å². The van der Waals surface area contributed by atoms with Gasteiger partial charge in [-0.3, -0.25) is 4.79 Å². The zero-order valence-corrected chi connectivity index (χ0v) is 21.7. The van der Waals surface area contributed by atoms with Crippen LogP contribution < -0.4 is 4.72 Å². The number of carbonyl (C=O) groups is 1. The number of aryl methyl sites for hydroxylation is 1. The largest absolute Gasteiger partial charge is 0.598 e. The van der Waals surface area contributed by atoms with Crippen molar-refractivity contribution in [3.05, 3.63) is 34.3 Å². The molecular formula is C24H40ClNO3S. The standard InChI is InChI=1S/C24H40ClNO3S/c1-16(2)15-30(28)26-24(8,21(17(3)4)22(27)29-9)19-11-10-18(20(25)14-19)12-13-23(5,6)7/h10-11,14,16-17,21,26H,12-13,15H2,1-9H3/t21-,24-,30?/m1/s1. The lowest BCUT2D eigenvalue weighted by molar-refractivity contribution is -0.150. The number of ether oxygens (including phenoxy) is 1. The minimum atomic E-state index is -1.30. The third-order valence-corrected chi connectivity index (χ3v) is 7.32. The molecule has 0 aromatic heterocycles. The molecule has 172 valence electrons. The molecule has 0 fully saturated rings. The Morgan fingerprint density at radius 2 is 1.80 bits per heavy atom. The predicted molar refractivity (Wildman–Crippen MR) is 128 cm³/mol. The van der Waals surface area contributed by atoms with E-state index in [2.05, 4.69) is 25.5 Å². The number of methoxy groups -OCH3 is 1. The lowest BCUT2D eigenvalue weighted by atomic mass is 9.74. The minimum absolute atomic E-state index is 0.0228. The Labute approximate surface area is 191 Å². The normalized spacial score (nSPS) is 16.4. The molecule has 1 aromatic carbocycles. The summed E-state index contributed by atoms with van der Waals surface area (Å²) in [5.41, 5.74) is 1.26. The molecule has 0 heterocycles. The van der Waals surface area contributed by atoms with Crippen molar-refractivity contribution in [2.24, 2.45) is 23.2 Å². The molecule has 0 aliphatic rings. The molecule has 0 saturated carbocycles. The Bertz CT molecular complexity index is 702. The number of halogens is 1. The molecule has 0 bridgehead atoms. The van der Waals surface area contributed by atoms with E-state index in [0.717, 1.165) is 24.0 Å². The molecule has 0 radical (unpaired) electrons. The van der Waals surface area contributed by atoms with Gasteiger partial charge in [-0.05, 0) is 54.2 Å². The second-order valence-corrected chi connectivity index (χ2v) is 12.0. The summed E-state index contributed by atoms with van der Waals surface area (Å²) in [5, 5.41) is 0.673. The highest BCUT2D eigenvalue weighted by molar-refractivity contribution is 7.89. The minimum Gasteiger partial charge on any atom is -0.598 e. The van der Waals surface area contributed by atoms with Gasteiger partial charge in [-0.1, -0.05) is 72.2 Å². The number of hydrogen-bond donors (Lipinski definition) is 1. The second-order valence-electron chi connectivity index (χ2n) is 10.3. The number of esters is 1. The van der Waals surface area contributed by atoms with Gasteiger partial charge in [-0.15, -0.1) is 4.72 Å². The van der Waals surface area contributed by atoms with E-state index in [9.17, 15) is 9.35 Å².